The van der Waals surface area contributed by atoms with E-state index < -0.39 is 0 Å². The number of rotatable bonds is 5. The van der Waals surface area contributed by atoms with Gasteiger partial charge in [-0.15, -0.1) is 0 Å². The number of fused-ring (bicyclic) bond motifs is 1. The first kappa shape index (κ1) is 15.5. The van der Waals surface area contributed by atoms with Gasteiger partial charge in [-0.05, 0) is 24.8 Å². The van der Waals surface area contributed by atoms with Crippen molar-refractivity contribution in [2.24, 2.45) is 0 Å². The molecular formula is C17H22N4O2. The molecule has 1 amide bonds. The predicted octanol–water partition coefficient (Wildman–Crippen LogP) is 1.13. The van der Waals surface area contributed by atoms with Gasteiger partial charge in [0.25, 0.3) is 0 Å². The Hall–Kier alpha value is -2.37. The van der Waals surface area contributed by atoms with Crippen LogP contribution in [0.3, 0.4) is 0 Å². The van der Waals surface area contributed by atoms with Crippen molar-refractivity contribution >= 4 is 5.91 Å². The summed E-state index contributed by atoms with van der Waals surface area (Å²) in [7, 11) is 0. The van der Waals surface area contributed by atoms with Crippen molar-refractivity contribution < 1.29 is 4.79 Å². The Bertz CT molecular complexity index is 718. The standard InChI is InChI=1S/C17H22N4O2/c22-16(18-11-10-14-7-3-1-4-8-14)13-21-17(23)20-12-6-2-5-9-15(20)19-21/h1,3-4,7-8H,2,5-6,9-13H2,(H,18,22). The summed E-state index contributed by atoms with van der Waals surface area (Å²) >= 11 is 0. The molecule has 1 aliphatic rings. The number of aromatic nitrogens is 3. The van der Waals surface area contributed by atoms with Gasteiger partial charge in [-0.25, -0.2) is 9.48 Å². The molecule has 0 atom stereocenters. The third-order valence-electron chi connectivity index (χ3n) is 4.15. The summed E-state index contributed by atoms with van der Waals surface area (Å²) in [4.78, 5) is 24.3. The van der Waals surface area contributed by atoms with Crippen LogP contribution in [0.1, 0.15) is 30.7 Å². The fourth-order valence-electron chi connectivity index (χ4n) is 2.91. The first-order valence-corrected chi connectivity index (χ1v) is 8.21. The minimum Gasteiger partial charge on any atom is -0.354 e. The Morgan fingerprint density at radius 3 is 2.83 bits per heavy atom. The zero-order valence-electron chi connectivity index (χ0n) is 13.2. The molecule has 0 saturated carbocycles. The lowest BCUT2D eigenvalue weighted by Crippen LogP contribution is -2.34. The van der Waals surface area contributed by atoms with E-state index in [0.29, 0.717) is 13.1 Å². The van der Waals surface area contributed by atoms with Gasteiger partial charge in [0, 0.05) is 19.5 Å². The van der Waals surface area contributed by atoms with Crippen LogP contribution in [0.2, 0.25) is 0 Å². The number of nitrogens with zero attached hydrogens (tertiary/aromatic N) is 3. The van der Waals surface area contributed by atoms with Crippen LogP contribution in [0.5, 0.6) is 0 Å². The van der Waals surface area contributed by atoms with Gasteiger partial charge in [-0.1, -0.05) is 36.8 Å². The van der Waals surface area contributed by atoms with Crippen molar-refractivity contribution in [2.45, 2.75) is 45.2 Å². The second-order valence-electron chi connectivity index (χ2n) is 5.90. The Morgan fingerprint density at radius 1 is 1.17 bits per heavy atom. The Labute approximate surface area is 135 Å². The van der Waals surface area contributed by atoms with Crippen LogP contribution in [-0.2, 0) is 30.7 Å². The van der Waals surface area contributed by atoms with E-state index in [1.54, 1.807) is 4.57 Å². The lowest BCUT2D eigenvalue weighted by Gasteiger charge is -2.05. The van der Waals surface area contributed by atoms with Crippen molar-refractivity contribution in [3.8, 4) is 0 Å². The first-order valence-electron chi connectivity index (χ1n) is 8.21. The molecule has 2 heterocycles. The fourth-order valence-corrected chi connectivity index (χ4v) is 2.91. The van der Waals surface area contributed by atoms with Gasteiger partial charge in [0.1, 0.15) is 12.4 Å². The van der Waals surface area contributed by atoms with E-state index >= 15 is 0 Å². The highest BCUT2D eigenvalue weighted by Crippen LogP contribution is 2.10. The van der Waals surface area contributed by atoms with Crippen LogP contribution >= 0.6 is 0 Å². The topological polar surface area (TPSA) is 68.9 Å². The van der Waals surface area contributed by atoms with Gasteiger partial charge in [0.2, 0.25) is 5.91 Å². The molecule has 1 aromatic heterocycles. The van der Waals surface area contributed by atoms with Crippen LogP contribution < -0.4 is 11.0 Å². The van der Waals surface area contributed by atoms with Crippen molar-refractivity contribution in [3.63, 3.8) is 0 Å². The highest BCUT2D eigenvalue weighted by Gasteiger charge is 2.16. The first-order chi connectivity index (χ1) is 11.2. The lowest BCUT2D eigenvalue weighted by molar-refractivity contribution is -0.121. The van der Waals surface area contributed by atoms with Crippen molar-refractivity contribution in [3.05, 3.63) is 52.2 Å². The molecule has 1 aromatic carbocycles. The van der Waals surface area contributed by atoms with E-state index in [2.05, 4.69) is 10.4 Å². The molecule has 122 valence electrons. The van der Waals surface area contributed by atoms with Crippen molar-refractivity contribution in [1.29, 1.82) is 0 Å². The average molecular weight is 314 g/mol. The number of carbonyl (C=O) groups is 1. The molecule has 23 heavy (non-hydrogen) atoms. The summed E-state index contributed by atoms with van der Waals surface area (Å²) in [6.45, 7) is 1.27. The molecule has 3 rings (SSSR count). The molecule has 2 aromatic rings. The maximum Gasteiger partial charge on any atom is 0.346 e. The second-order valence-corrected chi connectivity index (χ2v) is 5.90. The van der Waals surface area contributed by atoms with Gasteiger partial charge in [0.15, 0.2) is 0 Å². The minimum absolute atomic E-state index is 0.00633. The van der Waals surface area contributed by atoms with Crippen LogP contribution in [0.4, 0.5) is 0 Å². The van der Waals surface area contributed by atoms with Crippen molar-refractivity contribution in [1.82, 2.24) is 19.7 Å². The number of hydrogen-bond donors (Lipinski definition) is 1. The van der Waals surface area contributed by atoms with E-state index in [9.17, 15) is 9.59 Å². The molecular weight excluding hydrogens is 292 g/mol. The highest BCUT2D eigenvalue weighted by molar-refractivity contribution is 5.75. The second kappa shape index (κ2) is 7.26. The normalized spacial score (nSPS) is 14.1. The average Bonchev–Trinajstić information content (AvgIpc) is 2.74. The SMILES string of the molecule is O=C(Cn1nc2n(c1=O)CCCCC2)NCCc1ccccc1. The minimum atomic E-state index is -0.170. The molecule has 0 spiro atoms. The number of carbonyl (C=O) groups excluding carboxylic acids is 1. The number of aryl methyl sites for hydroxylation is 1. The molecule has 0 aliphatic carbocycles. The predicted molar refractivity (Wildman–Crippen MR) is 87.2 cm³/mol. The molecule has 0 saturated heterocycles. The molecule has 1 N–H and O–H groups in total. The molecule has 0 unspecified atom stereocenters. The maximum atomic E-state index is 12.3. The summed E-state index contributed by atoms with van der Waals surface area (Å²) in [6.07, 6.45) is 4.78. The van der Waals surface area contributed by atoms with E-state index in [4.69, 9.17) is 0 Å². The van der Waals surface area contributed by atoms with E-state index in [1.165, 1.54) is 10.2 Å². The van der Waals surface area contributed by atoms with E-state index in [-0.39, 0.29) is 18.1 Å². The molecule has 0 fully saturated rings. The largest absolute Gasteiger partial charge is 0.354 e. The molecule has 6 nitrogen and oxygen atoms in total. The summed E-state index contributed by atoms with van der Waals surface area (Å²) in [5.74, 6) is 0.640. The number of nitrogens with one attached hydrogen (secondary N) is 1. The zero-order valence-corrected chi connectivity index (χ0v) is 13.2. The fraction of sp³-hybridized carbons (Fsp3) is 0.471. The third-order valence-corrected chi connectivity index (χ3v) is 4.15. The van der Waals surface area contributed by atoms with Crippen molar-refractivity contribution in [2.75, 3.05) is 6.54 Å². The maximum absolute atomic E-state index is 12.3. The molecule has 0 radical (unpaired) electrons. The monoisotopic (exact) mass is 314 g/mol. The Morgan fingerprint density at radius 2 is 2.00 bits per heavy atom. The van der Waals surface area contributed by atoms with Crippen LogP contribution in [0, 0.1) is 0 Å². The number of benzene rings is 1. The Balaban J connectivity index is 1.55. The van der Waals surface area contributed by atoms with Crippen LogP contribution in [-0.4, -0.2) is 26.8 Å². The number of amides is 1. The molecule has 1 aliphatic heterocycles. The summed E-state index contributed by atoms with van der Waals surface area (Å²) in [6, 6.07) is 9.99. The van der Waals surface area contributed by atoms with Crippen LogP contribution in [0.25, 0.3) is 0 Å². The zero-order chi connectivity index (χ0) is 16.1. The van der Waals surface area contributed by atoms with Gasteiger partial charge in [-0.3, -0.25) is 9.36 Å². The van der Waals surface area contributed by atoms with Gasteiger partial charge in [0.05, 0.1) is 0 Å². The molecule has 6 heteroatoms. The smallest absolute Gasteiger partial charge is 0.346 e. The quantitative estimate of drug-likeness (QED) is 0.899. The summed E-state index contributed by atoms with van der Waals surface area (Å²) in [5, 5.41) is 7.17. The third kappa shape index (κ3) is 3.88. The highest BCUT2D eigenvalue weighted by atomic mass is 16.2. The Kier molecular flexibility index (Phi) is 4.90. The van der Waals surface area contributed by atoms with Gasteiger partial charge >= 0.3 is 5.69 Å². The number of hydrogen-bond acceptors (Lipinski definition) is 3. The summed E-state index contributed by atoms with van der Waals surface area (Å²) in [5.41, 5.74) is 1.01. The van der Waals surface area contributed by atoms with Gasteiger partial charge in [-0.2, -0.15) is 5.10 Å². The molecule has 0 bridgehead atoms. The van der Waals surface area contributed by atoms with E-state index in [1.807, 2.05) is 30.3 Å². The van der Waals surface area contributed by atoms with E-state index in [0.717, 1.165) is 37.9 Å². The lowest BCUT2D eigenvalue weighted by atomic mass is 10.1. The van der Waals surface area contributed by atoms with Crippen LogP contribution in [0.15, 0.2) is 35.1 Å². The van der Waals surface area contributed by atoms with Gasteiger partial charge < -0.3 is 5.32 Å². The summed E-state index contributed by atoms with van der Waals surface area (Å²) < 4.78 is 3.00.